The topological polar surface area (TPSA) is 100 Å². The van der Waals surface area contributed by atoms with E-state index in [1.54, 1.807) is 18.2 Å². The van der Waals surface area contributed by atoms with Crippen molar-refractivity contribution < 1.29 is 23.9 Å². The van der Waals surface area contributed by atoms with Crippen LogP contribution in [0.3, 0.4) is 0 Å². The normalized spacial score (nSPS) is 15.5. The molecular weight excluding hydrogens is 456 g/mol. The van der Waals surface area contributed by atoms with Crippen LogP contribution in [0.5, 0.6) is 11.5 Å². The van der Waals surface area contributed by atoms with E-state index in [1.807, 2.05) is 13.8 Å². The highest BCUT2D eigenvalue weighted by Crippen LogP contribution is 2.38. The van der Waals surface area contributed by atoms with Crippen LogP contribution in [0.1, 0.15) is 31.4 Å². The van der Waals surface area contributed by atoms with Gasteiger partial charge in [0.1, 0.15) is 0 Å². The fourth-order valence-electron chi connectivity index (χ4n) is 2.64. The molecule has 0 bridgehead atoms. The quantitative estimate of drug-likeness (QED) is 0.245. The average Bonchev–Trinajstić information content (AvgIpc) is 3.09. The molecule has 0 aromatic heterocycles. The highest BCUT2D eigenvalue weighted by atomic mass is 79.9. The van der Waals surface area contributed by atoms with Crippen molar-refractivity contribution in [3.63, 3.8) is 0 Å². The van der Waals surface area contributed by atoms with E-state index >= 15 is 0 Å². The SMILES string of the molecule is CCC(C)Oc1c(Br)cc(/C=C2\N=C(c3ccc([N+](=O)[O-])cc3)OC2=O)cc1OC. The molecule has 2 aromatic carbocycles. The lowest BCUT2D eigenvalue weighted by atomic mass is 10.1. The molecule has 0 fully saturated rings. The monoisotopic (exact) mass is 474 g/mol. The molecule has 3 rings (SSSR count). The van der Waals surface area contributed by atoms with Gasteiger partial charge < -0.3 is 14.2 Å². The van der Waals surface area contributed by atoms with Crippen LogP contribution in [0.4, 0.5) is 5.69 Å². The summed E-state index contributed by atoms with van der Waals surface area (Å²) in [7, 11) is 1.54. The molecule has 1 atom stereocenters. The van der Waals surface area contributed by atoms with Gasteiger partial charge in [0.25, 0.3) is 5.69 Å². The van der Waals surface area contributed by atoms with Gasteiger partial charge in [0, 0.05) is 17.7 Å². The van der Waals surface area contributed by atoms with Crippen LogP contribution in [0.15, 0.2) is 51.6 Å². The van der Waals surface area contributed by atoms with Gasteiger partial charge in [-0.3, -0.25) is 10.1 Å². The number of carbonyl (C=O) groups is 1. The zero-order valence-corrected chi connectivity index (χ0v) is 18.1. The first-order valence-corrected chi connectivity index (χ1v) is 9.93. The first-order chi connectivity index (χ1) is 14.3. The Hall–Kier alpha value is -3.20. The summed E-state index contributed by atoms with van der Waals surface area (Å²) in [5.74, 6) is 0.572. The van der Waals surface area contributed by atoms with Gasteiger partial charge in [0.2, 0.25) is 5.90 Å². The number of benzene rings is 2. The van der Waals surface area contributed by atoms with Crippen molar-refractivity contribution >= 4 is 39.6 Å². The fourth-order valence-corrected chi connectivity index (χ4v) is 3.19. The summed E-state index contributed by atoms with van der Waals surface area (Å²) in [5, 5.41) is 10.8. The molecule has 1 aliphatic heterocycles. The van der Waals surface area contributed by atoms with Crippen molar-refractivity contribution in [3.05, 3.63) is 67.8 Å². The molecule has 156 valence electrons. The number of cyclic esters (lactones) is 1. The van der Waals surface area contributed by atoms with E-state index in [0.29, 0.717) is 27.1 Å². The lowest BCUT2D eigenvalue weighted by molar-refractivity contribution is -0.384. The molecule has 8 nitrogen and oxygen atoms in total. The summed E-state index contributed by atoms with van der Waals surface area (Å²) < 4.78 is 17.2. The molecule has 1 aliphatic rings. The zero-order chi connectivity index (χ0) is 21.8. The smallest absolute Gasteiger partial charge is 0.363 e. The highest BCUT2D eigenvalue weighted by molar-refractivity contribution is 9.10. The lowest BCUT2D eigenvalue weighted by Crippen LogP contribution is -2.11. The Kier molecular flexibility index (Phi) is 6.51. The standard InChI is InChI=1S/C21H19BrN2O6/c1-4-12(2)29-19-16(22)9-13(11-18(19)28-3)10-17-21(25)30-20(23-17)14-5-7-15(8-6-14)24(26)27/h5-12H,4H2,1-3H3/b17-10-. The van der Waals surface area contributed by atoms with Gasteiger partial charge in [-0.1, -0.05) is 6.92 Å². The van der Waals surface area contributed by atoms with Gasteiger partial charge in [0.05, 0.1) is 22.6 Å². The largest absolute Gasteiger partial charge is 0.493 e. The van der Waals surface area contributed by atoms with Crippen LogP contribution in [-0.2, 0) is 9.53 Å². The van der Waals surface area contributed by atoms with Gasteiger partial charge in [-0.05, 0) is 65.2 Å². The van der Waals surface area contributed by atoms with Crippen molar-refractivity contribution in [2.45, 2.75) is 26.4 Å². The van der Waals surface area contributed by atoms with Crippen molar-refractivity contribution in [1.29, 1.82) is 0 Å². The third-order valence-electron chi connectivity index (χ3n) is 4.39. The molecule has 0 N–H and O–H groups in total. The Morgan fingerprint density at radius 3 is 2.60 bits per heavy atom. The molecular formula is C21H19BrN2O6. The minimum atomic E-state index is -0.613. The number of nitro groups is 1. The maximum atomic E-state index is 12.2. The van der Waals surface area contributed by atoms with Crippen molar-refractivity contribution in [1.82, 2.24) is 0 Å². The summed E-state index contributed by atoms with van der Waals surface area (Å²) in [4.78, 5) is 26.8. The van der Waals surface area contributed by atoms with Gasteiger partial charge in [-0.2, -0.15) is 0 Å². The minimum Gasteiger partial charge on any atom is -0.493 e. The van der Waals surface area contributed by atoms with E-state index in [1.165, 1.54) is 31.4 Å². The molecule has 30 heavy (non-hydrogen) atoms. The molecule has 0 saturated heterocycles. The van der Waals surface area contributed by atoms with Crippen LogP contribution in [-0.4, -0.2) is 30.0 Å². The summed E-state index contributed by atoms with van der Waals surface area (Å²) in [6.07, 6.45) is 2.42. The summed E-state index contributed by atoms with van der Waals surface area (Å²) in [6, 6.07) is 9.14. The number of non-ortho nitro benzene ring substituents is 1. The van der Waals surface area contributed by atoms with Crippen LogP contribution in [0, 0.1) is 10.1 Å². The lowest BCUT2D eigenvalue weighted by Gasteiger charge is -2.17. The molecule has 0 radical (unpaired) electrons. The second-order valence-corrected chi connectivity index (χ2v) is 7.37. The third-order valence-corrected chi connectivity index (χ3v) is 4.98. The van der Waals surface area contributed by atoms with Gasteiger partial charge in [-0.15, -0.1) is 0 Å². The molecule has 2 aromatic rings. The molecule has 0 spiro atoms. The number of rotatable bonds is 7. The Labute approximate surface area is 181 Å². The average molecular weight is 475 g/mol. The van der Waals surface area contributed by atoms with Crippen LogP contribution >= 0.6 is 15.9 Å². The number of halogens is 1. The maximum Gasteiger partial charge on any atom is 0.363 e. The number of carbonyl (C=O) groups excluding carboxylic acids is 1. The molecule has 1 unspecified atom stereocenters. The molecule has 9 heteroatoms. The van der Waals surface area contributed by atoms with Gasteiger partial charge in [-0.25, -0.2) is 9.79 Å². The van der Waals surface area contributed by atoms with Crippen LogP contribution < -0.4 is 9.47 Å². The number of esters is 1. The van der Waals surface area contributed by atoms with E-state index < -0.39 is 10.9 Å². The molecule has 0 aliphatic carbocycles. The predicted molar refractivity (Wildman–Crippen MR) is 115 cm³/mol. The number of nitrogens with zero attached hydrogens (tertiary/aromatic N) is 2. The molecule has 1 heterocycles. The Morgan fingerprint density at radius 2 is 2.00 bits per heavy atom. The number of methoxy groups -OCH3 is 1. The Balaban J connectivity index is 1.91. The van der Waals surface area contributed by atoms with E-state index in [4.69, 9.17) is 14.2 Å². The van der Waals surface area contributed by atoms with Crippen molar-refractivity contribution in [3.8, 4) is 11.5 Å². The van der Waals surface area contributed by atoms with E-state index in [-0.39, 0.29) is 23.4 Å². The van der Waals surface area contributed by atoms with E-state index in [2.05, 4.69) is 20.9 Å². The number of nitro benzene ring substituents is 1. The Bertz CT molecular complexity index is 1050. The highest BCUT2D eigenvalue weighted by Gasteiger charge is 2.25. The molecule has 0 amide bonds. The van der Waals surface area contributed by atoms with Gasteiger partial charge in [0.15, 0.2) is 17.2 Å². The van der Waals surface area contributed by atoms with Gasteiger partial charge >= 0.3 is 5.97 Å². The summed E-state index contributed by atoms with van der Waals surface area (Å²) in [5.41, 5.74) is 1.17. The van der Waals surface area contributed by atoms with Crippen LogP contribution in [0.2, 0.25) is 0 Å². The second kappa shape index (κ2) is 9.08. The number of aliphatic imine (C=N–C) groups is 1. The van der Waals surface area contributed by atoms with Crippen molar-refractivity contribution in [2.24, 2.45) is 4.99 Å². The zero-order valence-electron chi connectivity index (χ0n) is 16.5. The minimum absolute atomic E-state index is 0.0121. The number of ether oxygens (including phenoxy) is 3. The maximum absolute atomic E-state index is 12.2. The second-order valence-electron chi connectivity index (χ2n) is 6.51. The van der Waals surface area contributed by atoms with Crippen molar-refractivity contribution in [2.75, 3.05) is 7.11 Å². The number of hydrogen-bond donors (Lipinski definition) is 0. The number of hydrogen-bond acceptors (Lipinski definition) is 7. The molecule has 0 saturated carbocycles. The first kappa shape index (κ1) is 21.5. The van der Waals surface area contributed by atoms with E-state index in [9.17, 15) is 14.9 Å². The summed E-state index contributed by atoms with van der Waals surface area (Å²) >= 11 is 3.49. The fraction of sp³-hybridized carbons (Fsp3) is 0.238. The first-order valence-electron chi connectivity index (χ1n) is 9.14. The van der Waals surface area contributed by atoms with E-state index in [0.717, 1.165) is 6.42 Å². The third kappa shape index (κ3) is 4.68. The summed E-state index contributed by atoms with van der Waals surface area (Å²) in [6.45, 7) is 3.99. The Morgan fingerprint density at radius 1 is 1.30 bits per heavy atom. The predicted octanol–water partition coefficient (Wildman–Crippen LogP) is 4.89. The van der Waals surface area contributed by atoms with Crippen LogP contribution in [0.25, 0.3) is 6.08 Å².